The van der Waals surface area contributed by atoms with E-state index in [1.165, 1.54) is 122 Å². The normalized spacial score (nSPS) is 12.9. The van der Waals surface area contributed by atoms with Crippen LogP contribution in [0.5, 0.6) is 5.75 Å². The van der Waals surface area contributed by atoms with E-state index in [2.05, 4.69) is 67.5 Å². The molecular formula is C43H78O3. The van der Waals surface area contributed by atoms with Gasteiger partial charge in [0.25, 0.3) is 0 Å². The lowest BCUT2D eigenvalue weighted by Crippen LogP contribution is -2.22. The third-order valence-corrected chi connectivity index (χ3v) is 9.75. The maximum Gasteiger partial charge on any atom is 0.309 e. The number of hydrogen-bond acceptors (Lipinski definition) is 3. The first kappa shape index (κ1) is 42.5. The van der Waals surface area contributed by atoms with Crippen LogP contribution in [0, 0.1) is 5.92 Å². The average Bonchev–Trinajstić information content (AvgIpc) is 2.99. The molecule has 0 amide bonds. The molecule has 3 heteroatoms. The van der Waals surface area contributed by atoms with E-state index in [0.717, 1.165) is 42.4 Å². The number of ether oxygens (including phenoxy) is 1. The van der Waals surface area contributed by atoms with Gasteiger partial charge in [0, 0.05) is 0 Å². The van der Waals surface area contributed by atoms with Crippen molar-refractivity contribution in [1.82, 2.24) is 0 Å². The van der Waals surface area contributed by atoms with Crippen LogP contribution in [-0.4, -0.2) is 17.7 Å². The summed E-state index contributed by atoms with van der Waals surface area (Å²) >= 11 is 0. The number of rotatable bonds is 27. The second kappa shape index (κ2) is 24.6. The summed E-state index contributed by atoms with van der Waals surface area (Å²) in [5.41, 5.74) is 2.73. The predicted molar refractivity (Wildman–Crippen MR) is 201 cm³/mol. The third-order valence-electron chi connectivity index (χ3n) is 9.75. The first-order valence-electron chi connectivity index (χ1n) is 19.9. The standard InChI is InChI=1S/C43H78O3/c1-9-11-13-15-17-19-21-23-25-27-29-31-37(41(45)46-32-30-28-26-24-22-20-18-16-14-12-10-2)33-36-34-38(42(3,4)5)40(44)39(35-36)43(6,7)8/h34-35,37,44H,9-33H2,1-8H3. The first-order chi connectivity index (χ1) is 21.9. The predicted octanol–water partition coefficient (Wildman–Crippen LogP) is 13.7. The molecule has 0 bridgehead atoms. The van der Waals surface area contributed by atoms with Crippen molar-refractivity contribution < 1.29 is 14.6 Å². The van der Waals surface area contributed by atoms with Crippen molar-refractivity contribution in [1.29, 1.82) is 0 Å². The van der Waals surface area contributed by atoms with Gasteiger partial charge in [0.15, 0.2) is 0 Å². The number of carbonyl (C=O) groups is 1. The summed E-state index contributed by atoms with van der Waals surface area (Å²) in [5.74, 6) is 0.253. The number of phenolic OH excluding ortho intramolecular Hbond substituents is 1. The molecule has 0 aromatic heterocycles. The lowest BCUT2D eigenvalue weighted by atomic mass is 9.77. The highest BCUT2D eigenvalue weighted by atomic mass is 16.5. The van der Waals surface area contributed by atoms with Gasteiger partial charge in [0.05, 0.1) is 12.5 Å². The molecule has 0 aliphatic heterocycles. The van der Waals surface area contributed by atoms with Gasteiger partial charge >= 0.3 is 5.97 Å². The third kappa shape index (κ3) is 19.3. The Morgan fingerprint density at radius 2 is 0.935 bits per heavy atom. The van der Waals surface area contributed by atoms with Crippen LogP contribution in [0.3, 0.4) is 0 Å². The topological polar surface area (TPSA) is 46.5 Å². The van der Waals surface area contributed by atoms with Crippen molar-refractivity contribution in [2.45, 2.75) is 220 Å². The summed E-state index contributed by atoms with van der Waals surface area (Å²) < 4.78 is 5.94. The molecule has 1 rings (SSSR count). The van der Waals surface area contributed by atoms with Crippen LogP contribution in [0.25, 0.3) is 0 Å². The quantitative estimate of drug-likeness (QED) is 0.0767. The second-order valence-electron chi connectivity index (χ2n) is 16.5. The Morgan fingerprint density at radius 3 is 1.30 bits per heavy atom. The Morgan fingerprint density at radius 1 is 0.587 bits per heavy atom. The smallest absolute Gasteiger partial charge is 0.309 e. The zero-order valence-corrected chi connectivity index (χ0v) is 32.2. The molecule has 0 aliphatic rings. The van der Waals surface area contributed by atoms with E-state index in [0.29, 0.717) is 18.8 Å². The lowest BCUT2D eigenvalue weighted by Gasteiger charge is -2.29. The fourth-order valence-corrected chi connectivity index (χ4v) is 6.66. The SMILES string of the molecule is CCCCCCCCCCCCCOC(=O)C(CCCCCCCCCCCCC)Cc1cc(C(C)(C)C)c(O)c(C(C)(C)C)c1. The number of carbonyl (C=O) groups excluding carboxylic acids is 1. The Balaban J connectivity index is 2.69. The van der Waals surface area contributed by atoms with Crippen LogP contribution in [0.2, 0.25) is 0 Å². The highest BCUT2D eigenvalue weighted by Gasteiger charge is 2.28. The van der Waals surface area contributed by atoms with E-state index in [1.807, 2.05) is 0 Å². The minimum absolute atomic E-state index is 0.0261. The summed E-state index contributed by atoms with van der Waals surface area (Å²) in [6.07, 6.45) is 30.2. The molecule has 0 fully saturated rings. The van der Waals surface area contributed by atoms with Crippen LogP contribution in [-0.2, 0) is 26.8 Å². The summed E-state index contributed by atoms with van der Waals surface area (Å²) in [7, 11) is 0. The van der Waals surface area contributed by atoms with Crippen LogP contribution in [0.15, 0.2) is 12.1 Å². The van der Waals surface area contributed by atoms with Crippen molar-refractivity contribution in [3.05, 3.63) is 28.8 Å². The van der Waals surface area contributed by atoms with Gasteiger partial charge < -0.3 is 9.84 Å². The molecule has 1 atom stereocenters. The average molecular weight is 643 g/mol. The molecule has 3 nitrogen and oxygen atoms in total. The number of unbranched alkanes of at least 4 members (excludes halogenated alkanes) is 20. The molecule has 0 saturated carbocycles. The fourth-order valence-electron chi connectivity index (χ4n) is 6.66. The number of esters is 1. The summed E-state index contributed by atoms with van der Waals surface area (Å²) in [4.78, 5) is 13.5. The van der Waals surface area contributed by atoms with Gasteiger partial charge in [-0.1, -0.05) is 202 Å². The highest BCUT2D eigenvalue weighted by Crippen LogP contribution is 2.40. The Labute approximate surface area is 287 Å². The van der Waals surface area contributed by atoms with Crippen molar-refractivity contribution in [3.63, 3.8) is 0 Å². The fraction of sp³-hybridized carbons (Fsp3) is 0.837. The molecule has 46 heavy (non-hydrogen) atoms. The second-order valence-corrected chi connectivity index (χ2v) is 16.5. The Kier molecular flexibility index (Phi) is 22.7. The molecule has 1 aromatic carbocycles. The van der Waals surface area contributed by atoms with Crippen LogP contribution in [0.4, 0.5) is 0 Å². The van der Waals surface area contributed by atoms with E-state index >= 15 is 0 Å². The monoisotopic (exact) mass is 643 g/mol. The van der Waals surface area contributed by atoms with E-state index in [4.69, 9.17) is 4.74 Å². The molecule has 1 N–H and O–H groups in total. The van der Waals surface area contributed by atoms with E-state index in [9.17, 15) is 9.90 Å². The van der Waals surface area contributed by atoms with Crippen molar-refractivity contribution in [2.75, 3.05) is 6.61 Å². The zero-order chi connectivity index (χ0) is 34.3. The first-order valence-corrected chi connectivity index (χ1v) is 19.9. The van der Waals surface area contributed by atoms with Gasteiger partial charge in [-0.25, -0.2) is 0 Å². The van der Waals surface area contributed by atoms with E-state index in [-0.39, 0.29) is 22.7 Å². The maximum absolute atomic E-state index is 13.5. The van der Waals surface area contributed by atoms with Gasteiger partial charge in [-0.05, 0) is 46.8 Å². The summed E-state index contributed by atoms with van der Waals surface area (Å²) in [6, 6.07) is 4.30. The largest absolute Gasteiger partial charge is 0.507 e. The van der Waals surface area contributed by atoms with Gasteiger partial charge in [-0.15, -0.1) is 0 Å². The number of phenols is 1. The van der Waals surface area contributed by atoms with Crippen molar-refractivity contribution >= 4 is 5.97 Å². The highest BCUT2D eigenvalue weighted by molar-refractivity contribution is 5.73. The molecule has 0 saturated heterocycles. The van der Waals surface area contributed by atoms with Gasteiger partial charge in [0.1, 0.15) is 5.75 Å². The maximum atomic E-state index is 13.5. The molecular weight excluding hydrogens is 564 g/mol. The molecule has 0 aliphatic carbocycles. The minimum Gasteiger partial charge on any atom is -0.507 e. The number of hydrogen-bond donors (Lipinski definition) is 1. The summed E-state index contributed by atoms with van der Waals surface area (Å²) in [6.45, 7) is 18.0. The molecule has 1 aromatic rings. The number of benzene rings is 1. The van der Waals surface area contributed by atoms with Gasteiger partial charge in [-0.3, -0.25) is 4.79 Å². The lowest BCUT2D eigenvalue weighted by molar-refractivity contribution is -0.149. The van der Waals surface area contributed by atoms with Crippen molar-refractivity contribution in [3.8, 4) is 5.75 Å². The molecule has 1 unspecified atom stereocenters. The molecule has 268 valence electrons. The van der Waals surface area contributed by atoms with Crippen LogP contribution >= 0.6 is 0 Å². The van der Waals surface area contributed by atoms with Crippen LogP contribution < -0.4 is 0 Å². The zero-order valence-electron chi connectivity index (χ0n) is 32.2. The molecule has 0 spiro atoms. The minimum atomic E-state index is -0.179. The van der Waals surface area contributed by atoms with Crippen LogP contribution in [0.1, 0.15) is 220 Å². The van der Waals surface area contributed by atoms with Gasteiger partial charge in [-0.2, -0.15) is 0 Å². The molecule has 0 radical (unpaired) electrons. The number of aromatic hydroxyl groups is 1. The van der Waals surface area contributed by atoms with E-state index < -0.39 is 0 Å². The van der Waals surface area contributed by atoms with Crippen molar-refractivity contribution in [2.24, 2.45) is 5.92 Å². The van der Waals surface area contributed by atoms with Gasteiger partial charge in [0.2, 0.25) is 0 Å². The Hall–Kier alpha value is -1.51. The van der Waals surface area contributed by atoms with E-state index in [1.54, 1.807) is 0 Å². The Bertz CT molecular complexity index is 869. The summed E-state index contributed by atoms with van der Waals surface area (Å²) in [5, 5.41) is 11.2. The molecule has 0 heterocycles.